The number of likely N-dealkylation sites (tertiary alicyclic amines) is 1. The SMILES string of the molecule is CC1CCCCC1NC(=O)NC(=O)CN1CCC[C@H]1C(=O)O. The molecule has 3 amide bonds. The summed E-state index contributed by atoms with van der Waals surface area (Å²) in [6.45, 7) is 2.63. The van der Waals surface area contributed by atoms with E-state index in [0.717, 1.165) is 25.7 Å². The number of carboxylic acids is 1. The van der Waals surface area contributed by atoms with Gasteiger partial charge < -0.3 is 10.4 Å². The fraction of sp³-hybridized carbons (Fsp3) is 0.800. The van der Waals surface area contributed by atoms with Crippen LogP contribution in [0.5, 0.6) is 0 Å². The monoisotopic (exact) mass is 311 g/mol. The molecule has 0 aromatic rings. The van der Waals surface area contributed by atoms with Crippen molar-refractivity contribution in [1.29, 1.82) is 0 Å². The van der Waals surface area contributed by atoms with Crippen molar-refractivity contribution >= 4 is 17.9 Å². The van der Waals surface area contributed by atoms with E-state index in [-0.39, 0.29) is 12.6 Å². The van der Waals surface area contributed by atoms with Gasteiger partial charge in [0.15, 0.2) is 0 Å². The van der Waals surface area contributed by atoms with Crippen LogP contribution in [0.25, 0.3) is 0 Å². The summed E-state index contributed by atoms with van der Waals surface area (Å²) in [6.07, 6.45) is 5.62. The maximum absolute atomic E-state index is 11.9. The maximum Gasteiger partial charge on any atom is 0.321 e. The Morgan fingerprint density at radius 2 is 1.86 bits per heavy atom. The number of aliphatic carboxylic acids is 1. The second-order valence-electron chi connectivity index (χ2n) is 6.36. The molecule has 1 aliphatic heterocycles. The lowest BCUT2D eigenvalue weighted by Crippen LogP contribution is -2.50. The number of carbonyl (C=O) groups excluding carboxylic acids is 2. The Balaban J connectivity index is 1.76. The lowest BCUT2D eigenvalue weighted by molar-refractivity contribution is -0.142. The molecular weight excluding hydrogens is 286 g/mol. The highest BCUT2D eigenvalue weighted by Gasteiger charge is 2.32. The number of nitrogens with zero attached hydrogens (tertiary/aromatic N) is 1. The first-order chi connectivity index (χ1) is 10.5. The van der Waals surface area contributed by atoms with E-state index in [1.165, 1.54) is 6.42 Å². The molecule has 2 fully saturated rings. The molecule has 0 aromatic heterocycles. The molecule has 7 heteroatoms. The molecule has 7 nitrogen and oxygen atoms in total. The molecular formula is C15H25N3O4. The molecule has 2 rings (SSSR count). The van der Waals surface area contributed by atoms with Crippen molar-refractivity contribution in [3.05, 3.63) is 0 Å². The van der Waals surface area contributed by atoms with E-state index in [1.807, 2.05) is 0 Å². The number of amides is 3. The third-order valence-corrected chi connectivity index (χ3v) is 4.68. The highest BCUT2D eigenvalue weighted by Crippen LogP contribution is 2.23. The van der Waals surface area contributed by atoms with Crippen molar-refractivity contribution in [2.45, 2.75) is 57.5 Å². The average Bonchev–Trinajstić information content (AvgIpc) is 2.89. The number of carboxylic acid groups (broad SMARTS) is 1. The van der Waals surface area contributed by atoms with Gasteiger partial charge in [-0.05, 0) is 38.1 Å². The van der Waals surface area contributed by atoms with Crippen molar-refractivity contribution in [1.82, 2.24) is 15.5 Å². The molecule has 3 atom stereocenters. The largest absolute Gasteiger partial charge is 0.480 e. The lowest BCUT2D eigenvalue weighted by Gasteiger charge is -2.29. The Bertz CT molecular complexity index is 441. The Hall–Kier alpha value is -1.63. The molecule has 0 spiro atoms. The first-order valence-electron chi connectivity index (χ1n) is 8.04. The molecule has 2 unspecified atom stereocenters. The van der Waals surface area contributed by atoms with Crippen LogP contribution in [0.4, 0.5) is 4.79 Å². The van der Waals surface area contributed by atoms with Crippen LogP contribution in [-0.4, -0.2) is 53.1 Å². The van der Waals surface area contributed by atoms with E-state index in [4.69, 9.17) is 5.11 Å². The summed E-state index contributed by atoms with van der Waals surface area (Å²) in [5.74, 6) is -0.940. The van der Waals surface area contributed by atoms with E-state index in [0.29, 0.717) is 18.9 Å². The number of carbonyl (C=O) groups is 3. The zero-order chi connectivity index (χ0) is 16.1. The minimum absolute atomic E-state index is 0.0510. The van der Waals surface area contributed by atoms with Crippen LogP contribution in [0.2, 0.25) is 0 Å². The first-order valence-corrected chi connectivity index (χ1v) is 8.04. The molecule has 124 valence electrons. The van der Waals surface area contributed by atoms with Crippen molar-refractivity contribution in [2.24, 2.45) is 5.92 Å². The summed E-state index contributed by atoms with van der Waals surface area (Å²) < 4.78 is 0. The summed E-state index contributed by atoms with van der Waals surface area (Å²) in [4.78, 5) is 36.4. The van der Waals surface area contributed by atoms with Crippen molar-refractivity contribution in [3.8, 4) is 0 Å². The molecule has 0 bridgehead atoms. The second kappa shape index (κ2) is 7.58. The smallest absolute Gasteiger partial charge is 0.321 e. The van der Waals surface area contributed by atoms with Gasteiger partial charge in [-0.25, -0.2) is 4.79 Å². The van der Waals surface area contributed by atoms with Crippen molar-refractivity contribution in [2.75, 3.05) is 13.1 Å². The minimum atomic E-state index is -0.911. The van der Waals surface area contributed by atoms with Crippen LogP contribution in [0.15, 0.2) is 0 Å². The molecule has 2 aliphatic rings. The Kier molecular flexibility index (Phi) is 5.76. The highest BCUT2D eigenvalue weighted by atomic mass is 16.4. The van der Waals surface area contributed by atoms with Crippen LogP contribution in [0.3, 0.4) is 0 Å². The number of nitrogens with one attached hydrogen (secondary N) is 2. The maximum atomic E-state index is 11.9. The van der Waals surface area contributed by atoms with Gasteiger partial charge in [0, 0.05) is 6.04 Å². The van der Waals surface area contributed by atoms with Gasteiger partial charge >= 0.3 is 12.0 Å². The molecule has 1 heterocycles. The van der Waals surface area contributed by atoms with Gasteiger partial charge in [0.05, 0.1) is 6.54 Å². The molecule has 22 heavy (non-hydrogen) atoms. The van der Waals surface area contributed by atoms with Gasteiger partial charge in [-0.2, -0.15) is 0 Å². The fourth-order valence-electron chi connectivity index (χ4n) is 3.38. The minimum Gasteiger partial charge on any atom is -0.480 e. The third-order valence-electron chi connectivity index (χ3n) is 4.68. The number of urea groups is 1. The van der Waals surface area contributed by atoms with Crippen molar-refractivity contribution in [3.63, 3.8) is 0 Å². The van der Waals surface area contributed by atoms with E-state index in [2.05, 4.69) is 17.6 Å². The molecule has 0 aromatic carbocycles. The Morgan fingerprint density at radius 1 is 1.14 bits per heavy atom. The van der Waals surface area contributed by atoms with Gasteiger partial charge in [-0.15, -0.1) is 0 Å². The summed E-state index contributed by atoms with van der Waals surface area (Å²) >= 11 is 0. The predicted octanol–water partition coefficient (Wildman–Crippen LogP) is 0.940. The number of rotatable bonds is 4. The van der Waals surface area contributed by atoms with Gasteiger partial charge in [0.25, 0.3) is 0 Å². The number of hydrogen-bond donors (Lipinski definition) is 3. The molecule has 1 saturated heterocycles. The summed E-state index contributed by atoms with van der Waals surface area (Å²) in [5.41, 5.74) is 0. The first kappa shape index (κ1) is 16.7. The van der Waals surface area contributed by atoms with Crippen LogP contribution in [0, 0.1) is 5.92 Å². The van der Waals surface area contributed by atoms with Crippen LogP contribution in [0.1, 0.15) is 45.4 Å². The van der Waals surface area contributed by atoms with Gasteiger partial charge in [0.1, 0.15) is 6.04 Å². The standard InChI is InChI=1S/C15H25N3O4/c1-10-5-2-3-6-11(10)16-15(22)17-13(19)9-18-8-4-7-12(18)14(20)21/h10-12H,2-9H2,1H3,(H,20,21)(H2,16,17,19,22)/t10?,11?,12-/m0/s1. The lowest BCUT2D eigenvalue weighted by atomic mass is 9.86. The van der Waals surface area contributed by atoms with E-state index in [9.17, 15) is 14.4 Å². The zero-order valence-corrected chi connectivity index (χ0v) is 13.0. The third kappa shape index (κ3) is 4.43. The number of imide groups is 1. The second-order valence-corrected chi connectivity index (χ2v) is 6.36. The molecule has 1 saturated carbocycles. The van der Waals surface area contributed by atoms with Gasteiger partial charge in [-0.1, -0.05) is 19.8 Å². The van der Waals surface area contributed by atoms with Crippen molar-refractivity contribution < 1.29 is 19.5 Å². The van der Waals surface area contributed by atoms with Crippen LogP contribution in [-0.2, 0) is 9.59 Å². The molecule has 3 N–H and O–H groups in total. The average molecular weight is 311 g/mol. The topological polar surface area (TPSA) is 98.7 Å². The quantitative estimate of drug-likeness (QED) is 0.717. The Labute approximate surface area is 130 Å². The summed E-state index contributed by atoms with van der Waals surface area (Å²) in [5, 5.41) is 14.2. The Morgan fingerprint density at radius 3 is 2.55 bits per heavy atom. The number of hydrogen-bond acceptors (Lipinski definition) is 4. The summed E-state index contributed by atoms with van der Waals surface area (Å²) in [7, 11) is 0. The fourth-order valence-corrected chi connectivity index (χ4v) is 3.38. The van der Waals surface area contributed by atoms with Crippen LogP contribution < -0.4 is 10.6 Å². The van der Waals surface area contributed by atoms with Gasteiger partial charge in [-0.3, -0.25) is 19.8 Å². The van der Waals surface area contributed by atoms with E-state index < -0.39 is 23.9 Å². The van der Waals surface area contributed by atoms with E-state index in [1.54, 1.807) is 4.90 Å². The van der Waals surface area contributed by atoms with Crippen LogP contribution >= 0.6 is 0 Å². The zero-order valence-electron chi connectivity index (χ0n) is 13.0. The van der Waals surface area contributed by atoms with E-state index >= 15 is 0 Å². The predicted molar refractivity (Wildman–Crippen MR) is 80.3 cm³/mol. The molecule has 1 aliphatic carbocycles. The van der Waals surface area contributed by atoms with Gasteiger partial charge in [0.2, 0.25) is 5.91 Å². The summed E-state index contributed by atoms with van der Waals surface area (Å²) in [6, 6.07) is -0.984. The normalized spacial score (nSPS) is 29.0. The highest BCUT2D eigenvalue weighted by molar-refractivity contribution is 5.95. The molecule has 0 radical (unpaired) electrons.